The molecular weight excluding hydrogens is 572 g/mol. The third-order valence-corrected chi connectivity index (χ3v) is 8.26. The summed E-state index contributed by atoms with van der Waals surface area (Å²) in [6, 6.07) is 16.5. The van der Waals surface area contributed by atoms with Crippen LogP contribution >= 0.6 is 0 Å². The van der Waals surface area contributed by atoms with Crippen molar-refractivity contribution in [3.05, 3.63) is 54.4 Å². The topological polar surface area (TPSA) is 129 Å². The van der Waals surface area contributed by atoms with Gasteiger partial charge in [-0.15, -0.1) is 0 Å². The van der Waals surface area contributed by atoms with Gasteiger partial charge in [-0.25, -0.2) is 14.8 Å². The lowest BCUT2D eigenvalue weighted by Gasteiger charge is -2.43. The Morgan fingerprint density at radius 2 is 1.73 bits per heavy atom. The van der Waals surface area contributed by atoms with Crippen LogP contribution in [0, 0.1) is 11.3 Å². The van der Waals surface area contributed by atoms with Gasteiger partial charge in [-0.1, -0.05) is 0 Å². The molecule has 1 N–H and O–H groups in total. The molecule has 3 aromatic rings. The highest BCUT2D eigenvalue weighted by Gasteiger charge is 2.30. The van der Waals surface area contributed by atoms with E-state index in [0.29, 0.717) is 60.6 Å². The summed E-state index contributed by atoms with van der Waals surface area (Å²) >= 11 is 0. The number of hydrogen-bond acceptors (Lipinski definition) is 11. The number of piperidine rings is 1. The summed E-state index contributed by atoms with van der Waals surface area (Å²) in [6.07, 6.45) is 2.36. The fourth-order valence-corrected chi connectivity index (χ4v) is 5.68. The number of nitriles is 1. The van der Waals surface area contributed by atoms with Crippen LogP contribution in [-0.4, -0.2) is 101 Å². The van der Waals surface area contributed by atoms with Gasteiger partial charge >= 0.3 is 6.09 Å². The van der Waals surface area contributed by atoms with E-state index in [1.807, 2.05) is 39.0 Å². The molecule has 0 spiro atoms. The SMILES string of the molecule is CC(C)(C)OC(=O)N1CCC(Oc2ccc(-c3ncnc(Nc4ccc(N5CCN(C6COC6)CC5)cc4)n3)cc2C#N)CC1. The molecule has 1 amide bonds. The number of benzene rings is 2. The number of amides is 1. The van der Waals surface area contributed by atoms with E-state index in [9.17, 15) is 10.1 Å². The zero-order valence-electron chi connectivity index (χ0n) is 26.1. The Bertz CT molecular complexity index is 1520. The number of anilines is 3. The average Bonchev–Trinajstić information content (AvgIpc) is 3.01. The lowest BCUT2D eigenvalue weighted by atomic mass is 10.1. The Balaban J connectivity index is 1.04. The van der Waals surface area contributed by atoms with Crippen LogP contribution in [0.1, 0.15) is 39.2 Å². The molecule has 1 aromatic heterocycles. The summed E-state index contributed by atoms with van der Waals surface area (Å²) in [5.74, 6) is 1.37. The zero-order chi connectivity index (χ0) is 31.4. The Morgan fingerprint density at radius 3 is 2.38 bits per heavy atom. The van der Waals surface area contributed by atoms with Gasteiger partial charge in [0.25, 0.3) is 0 Å². The van der Waals surface area contributed by atoms with Gasteiger partial charge in [0.2, 0.25) is 5.95 Å². The maximum Gasteiger partial charge on any atom is 0.410 e. The van der Waals surface area contributed by atoms with Crippen LogP contribution in [-0.2, 0) is 9.47 Å². The lowest BCUT2D eigenvalue weighted by Crippen LogP contribution is -2.56. The Kier molecular flexibility index (Phi) is 9.00. The van der Waals surface area contributed by atoms with Crippen LogP contribution in [0.3, 0.4) is 0 Å². The van der Waals surface area contributed by atoms with Crippen LogP contribution in [0.2, 0.25) is 0 Å². The highest BCUT2D eigenvalue weighted by molar-refractivity contribution is 5.68. The molecular formula is C33H40N8O4. The van der Waals surface area contributed by atoms with Crippen LogP contribution in [0.15, 0.2) is 48.8 Å². The van der Waals surface area contributed by atoms with Gasteiger partial charge < -0.3 is 29.3 Å². The minimum atomic E-state index is -0.531. The number of carbonyl (C=O) groups excluding carboxylic acids is 1. The van der Waals surface area contributed by atoms with Crippen molar-refractivity contribution in [2.75, 3.05) is 62.7 Å². The first-order valence-corrected chi connectivity index (χ1v) is 15.6. The minimum absolute atomic E-state index is 0.104. The predicted octanol–water partition coefficient (Wildman–Crippen LogP) is 4.45. The molecule has 0 atom stereocenters. The van der Waals surface area contributed by atoms with Crippen molar-refractivity contribution >= 4 is 23.4 Å². The van der Waals surface area contributed by atoms with E-state index >= 15 is 0 Å². The van der Waals surface area contributed by atoms with Crippen molar-refractivity contribution < 1.29 is 19.0 Å². The third-order valence-electron chi connectivity index (χ3n) is 8.26. The molecule has 3 fully saturated rings. The monoisotopic (exact) mass is 612 g/mol. The molecule has 3 aliphatic rings. The summed E-state index contributed by atoms with van der Waals surface area (Å²) in [7, 11) is 0. The molecule has 0 radical (unpaired) electrons. The highest BCUT2D eigenvalue weighted by Crippen LogP contribution is 2.28. The average molecular weight is 613 g/mol. The van der Waals surface area contributed by atoms with Gasteiger partial charge in [-0.2, -0.15) is 10.2 Å². The zero-order valence-corrected chi connectivity index (χ0v) is 26.1. The molecule has 6 rings (SSSR count). The Labute approximate surface area is 263 Å². The molecule has 12 heteroatoms. The molecule has 236 valence electrons. The second-order valence-corrected chi connectivity index (χ2v) is 12.6. The first-order valence-electron chi connectivity index (χ1n) is 15.6. The molecule has 3 aliphatic heterocycles. The summed E-state index contributed by atoms with van der Waals surface area (Å²) < 4.78 is 17.0. The standard InChI is InChI=1S/C33H40N8O4/c1-33(2,3)45-32(42)41-12-10-28(11-13-41)44-29-9-4-23(18-24(29)19-34)30-35-22-36-31(38-30)37-25-5-7-26(8-6-25)39-14-16-40(17-15-39)27-20-43-21-27/h4-9,18,22,27-28H,10-17,20-21H2,1-3H3,(H,35,36,37,38). The Hall–Kier alpha value is -4.47. The first kappa shape index (κ1) is 30.6. The number of nitrogens with one attached hydrogen (secondary N) is 1. The normalized spacial score (nSPS) is 18.2. The van der Waals surface area contributed by atoms with E-state index in [1.165, 1.54) is 12.0 Å². The number of rotatable bonds is 7. The third kappa shape index (κ3) is 7.61. The van der Waals surface area contributed by atoms with Crippen molar-refractivity contribution in [2.24, 2.45) is 0 Å². The summed E-state index contributed by atoms with van der Waals surface area (Å²) in [6.45, 7) is 12.5. The van der Waals surface area contributed by atoms with E-state index in [2.05, 4.69) is 48.3 Å². The largest absolute Gasteiger partial charge is 0.489 e. The van der Waals surface area contributed by atoms with Crippen LogP contribution in [0.5, 0.6) is 5.75 Å². The summed E-state index contributed by atoms with van der Waals surface area (Å²) in [5.41, 5.74) is 2.62. The smallest absolute Gasteiger partial charge is 0.410 e. The molecule has 45 heavy (non-hydrogen) atoms. The Morgan fingerprint density at radius 1 is 1.00 bits per heavy atom. The summed E-state index contributed by atoms with van der Waals surface area (Å²) in [5, 5.41) is 13.2. The van der Waals surface area contributed by atoms with Crippen LogP contribution in [0.4, 0.5) is 22.1 Å². The van der Waals surface area contributed by atoms with Gasteiger partial charge in [0.1, 0.15) is 29.9 Å². The second kappa shape index (κ2) is 13.3. The summed E-state index contributed by atoms with van der Waals surface area (Å²) in [4.78, 5) is 32.3. The molecule has 3 saturated heterocycles. The molecule has 4 heterocycles. The number of ether oxygens (including phenoxy) is 3. The fraction of sp³-hybridized carbons (Fsp3) is 0.485. The number of aromatic nitrogens is 3. The van der Waals surface area contributed by atoms with Crippen molar-refractivity contribution in [1.29, 1.82) is 5.26 Å². The van der Waals surface area contributed by atoms with Gasteiger partial charge in [-0.05, 0) is 63.2 Å². The minimum Gasteiger partial charge on any atom is -0.489 e. The van der Waals surface area contributed by atoms with Crippen LogP contribution < -0.4 is 15.0 Å². The maximum atomic E-state index is 12.4. The first-order chi connectivity index (χ1) is 21.7. The molecule has 0 aliphatic carbocycles. The van der Waals surface area contributed by atoms with Crippen molar-refractivity contribution in [3.63, 3.8) is 0 Å². The van der Waals surface area contributed by atoms with E-state index < -0.39 is 5.60 Å². The quantitative estimate of drug-likeness (QED) is 0.406. The predicted molar refractivity (Wildman–Crippen MR) is 170 cm³/mol. The van der Waals surface area contributed by atoms with Gasteiger partial charge in [0, 0.05) is 69.0 Å². The van der Waals surface area contributed by atoms with Crippen molar-refractivity contribution in [2.45, 2.75) is 51.4 Å². The van der Waals surface area contributed by atoms with E-state index in [4.69, 9.17) is 14.2 Å². The van der Waals surface area contributed by atoms with Crippen LogP contribution in [0.25, 0.3) is 11.4 Å². The fourth-order valence-electron chi connectivity index (χ4n) is 5.68. The maximum absolute atomic E-state index is 12.4. The number of carbonyl (C=O) groups is 1. The number of piperazine rings is 1. The van der Waals surface area contributed by atoms with Crippen molar-refractivity contribution in [3.8, 4) is 23.2 Å². The molecule has 12 nitrogen and oxygen atoms in total. The van der Waals surface area contributed by atoms with Gasteiger partial charge in [-0.3, -0.25) is 4.90 Å². The number of hydrogen-bond donors (Lipinski definition) is 1. The molecule has 2 aromatic carbocycles. The van der Waals surface area contributed by atoms with E-state index in [0.717, 1.165) is 45.1 Å². The molecule has 0 saturated carbocycles. The van der Waals surface area contributed by atoms with E-state index in [-0.39, 0.29) is 12.2 Å². The molecule has 0 unspecified atom stereocenters. The number of likely N-dealkylation sites (tertiary alicyclic amines) is 1. The van der Waals surface area contributed by atoms with Gasteiger partial charge in [0.05, 0.1) is 24.8 Å². The highest BCUT2D eigenvalue weighted by atomic mass is 16.6. The molecule has 0 bridgehead atoms. The van der Waals surface area contributed by atoms with Gasteiger partial charge in [0.15, 0.2) is 5.82 Å². The van der Waals surface area contributed by atoms with E-state index in [1.54, 1.807) is 17.0 Å². The number of nitrogens with zero attached hydrogens (tertiary/aromatic N) is 7. The second-order valence-electron chi connectivity index (χ2n) is 12.6. The lowest BCUT2D eigenvalue weighted by molar-refractivity contribution is -0.0660. The van der Waals surface area contributed by atoms with Crippen molar-refractivity contribution in [1.82, 2.24) is 24.8 Å².